The maximum atomic E-state index is 12.7. The van der Waals surface area contributed by atoms with Crippen LogP contribution < -0.4 is 10.5 Å². The van der Waals surface area contributed by atoms with E-state index in [1.165, 1.54) is 19.2 Å². The van der Waals surface area contributed by atoms with E-state index >= 15 is 0 Å². The second-order valence-electron chi connectivity index (χ2n) is 3.95. The number of thiocarbonyl (C=S) groups is 1. The minimum absolute atomic E-state index is 0.246. The van der Waals surface area contributed by atoms with Crippen molar-refractivity contribution in [2.75, 3.05) is 13.7 Å². The molecule has 19 heavy (non-hydrogen) atoms. The summed E-state index contributed by atoms with van der Waals surface area (Å²) in [5.41, 5.74) is 4.21. The maximum absolute atomic E-state index is 12.7. The summed E-state index contributed by atoms with van der Waals surface area (Å²) >= 11 is 4.64. The molecule has 0 aliphatic carbocycles. The zero-order chi connectivity index (χ0) is 14.6. The number of halogens is 3. The van der Waals surface area contributed by atoms with Crippen molar-refractivity contribution < 1.29 is 22.6 Å². The second-order valence-corrected chi connectivity index (χ2v) is 4.39. The van der Waals surface area contributed by atoms with E-state index in [-0.39, 0.29) is 22.4 Å². The van der Waals surface area contributed by atoms with Crippen molar-refractivity contribution in [3.63, 3.8) is 0 Å². The monoisotopic (exact) mass is 293 g/mol. The Morgan fingerprint density at radius 1 is 1.42 bits per heavy atom. The lowest BCUT2D eigenvalue weighted by Crippen LogP contribution is -2.20. The molecule has 3 nitrogen and oxygen atoms in total. The minimum Gasteiger partial charge on any atom is -0.488 e. The molecule has 1 atom stereocenters. The quantitative estimate of drug-likeness (QED) is 0.848. The fraction of sp³-hybridized carbons (Fsp3) is 0.417. The highest BCUT2D eigenvalue weighted by Gasteiger charge is 2.34. The van der Waals surface area contributed by atoms with E-state index < -0.39 is 11.7 Å². The number of methoxy groups -OCH3 is 1. The van der Waals surface area contributed by atoms with Gasteiger partial charge in [-0.05, 0) is 25.1 Å². The molecule has 2 N–H and O–H groups in total. The molecule has 106 valence electrons. The summed E-state index contributed by atoms with van der Waals surface area (Å²) < 4.78 is 48.5. The smallest absolute Gasteiger partial charge is 0.417 e. The minimum atomic E-state index is -4.50. The Kier molecular flexibility index (Phi) is 5.13. The molecule has 1 unspecified atom stereocenters. The van der Waals surface area contributed by atoms with E-state index in [2.05, 4.69) is 12.2 Å². The Bertz CT molecular complexity index is 463. The summed E-state index contributed by atoms with van der Waals surface area (Å²) in [6.07, 6.45) is -4.80. The van der Waals surface area contributed by atoms with Crippen LogP contribution in [0.4, 0.5) is 13.2 Å². The molecule has 1 rings (SSSR count). The van der Waals surface area contributed by atoms with Gasteiger partial charge in [-0.25, -0.2) is 0 Å². The van der Waals surface area contributed by atoms with Gasteiger partial charge >= 0.3 is 6.18 Å². The topological polar surface area (TPSA) is 44.5 Å². The van der Waals surface area contributed by atoms with Crippen molar-refractivity contribution in [2.45, 2.75) is 19.2 Å². The Morgan fingerprint density at radius 2 is 2.05 bits per heavy atom. The summed E-state index contributed by atoms with van der Waals surface area (Å²) in [6.45, 7) is 2.06. The third-order valence-electron chi connectivity index (χ3n) is 2.30. The second kappa shape index (κ2) is 6.21. The number of benzene rings is 1. The van der Waals surface area contributed by atoms with Crippen LogP contribution in [0.2, 0.25) is 0 Å². The molecular weight excluding hydrogens is 279 g/mol. The molecule has 0 aliphatic heterocycles. The van der Waals surface area contributed by atoms with Gasteiger partial charge in [0, 0.05) is 12.7 Å². The molecule has 0 aliphatic rings. The number of nitrogens with two attached hydrogens (primary N) is 1. The lowest BCUT2D eigenvalue weighted by Gasteiger charge is -2.17. The fourth-order valence-corrected chi connectivity index (χ4v) is 1.72. The first kappa shape index (κ1) is 15.7. The van der Waals surface area contributed by atoms with Crippen molar-refractivity contribution in [3.8, 4) is 5.75 Å². The lowest BCUT2D eigenvalue weighted by molar-refractivity contribution is -0.137. The van der Waals surface area contributed by atoms with E-state index in [1.807, 2.05) is 0 Å². The Hall–Kier alpha value is -1.34. The average Bonchev–Trinajstić information content (AvgIpc) is 2.27. The van der Waals surface area contributed by atoms with Crippen LogP contribution in [0, 0.1) is 0 Å². The number of ether oxygens (including phenoxy) is 2. The first-order valence-electron chi connectivity index (χ1n) is 5.42. The van der Waals surface area contributed by atoms with E-state index in [4.69, 9.17) is 15.2 Å². The number of hydrogen-bond acceptors (Lipinski definition) is 3. The van der Waals surface area contributed by atoms with Crippen molar-refractivity contribution >= 4 is 17.2 Å². The first-order valence-corrected chi connectivity index (χ1v) is 5.83. The Morgan fingerprint density at radius 3 is 2.53 bits per heavy atom. The van der Waals surface area contributed by atoms with Gasteiger partial charge in [-0.1, -0.05) is 12.2 Å². The molecule has 0 fully saturated rings. The average molecular weight is 293 g/mol. The van der Waals surface area contributed by atoms with Crippen molar-refractivity contribution in [2.24, 2.45) is 5.73 Å². The SMILES string of the molecule is COCC(C)Oc1ccc(C(F)(F)F)c(C(N)=S)c1. The lowest BCUT2D eigenvalue weighted by atomic mass is 10.1. The Labute approximate surface area is 114 Å². The van der Waals surface area contributed by atoms with E-state index in [0.717, 1.165) is 6.07 Å². The molecule has 0 amide bonds. The zero-order valence-corrected chi connectivity index (χ0v) is 11.3. The summed E-state index contributed by atoms with van der Waals surface area (Å²) in [4.78, 5) is -0.322. The van der Waals surface area contributed by atoms with E-state index in [0.29, 0.717) is 6.61 Å². The summed E-state index contributed by atoms with van der Waals surface area (Å²) in [7, 11) is 1.51. The zero-order valence-electron chi connectivity index (χ0n) is 10.5. The van der Waals surface area contributed by atoms with Gasteiger partial charge in [0.15, 0.2) is 0 Å². The fourth-order valence-electron chi connectivity index (χ4n) is 1.55. The molecule has 1 aromatic rings. The van der Waals surface area contributed by atoms with Gasteiger partial charge in [0.25, 0.3) is 0 Å². The van der Waals surface area contributed by atoms with Crippen LogP contribution in [0.5, 0.6) is 5.75 Å². The largest absolute Gasteiger partial charge is 0.488 e. The van der Waals surface area contributed by atoms with Gasteiger partial charge in [-0.3, -0.25) is 0 Å². The van der Waals surface area contributed by atoms with Gasteiger partial charge in [0.05, 0.1) is 12.2 Å². The summed E-state index contributed by atoms with van der Waals surface area (Å²) in [6, 6.07) is 3.33. The summed E-state index contributed by atoms with van der Waals surface area (Å²) in [5, 5.41) is 0. The standard InChI is InChI=1S/C12H14F3NO2S/c1-7(6-17-2)18-8-3-4-10(12(13,14)15)9(5-8)11(16)19/h3-5,7H,6H2,1-2H3,(H2,16,19). The molecule has 0 saturated carbocycles. The van der Waals surface area contributed by atoms with Crippen molar-refractivity contribution in [1.82, 2.24) is 0 Å². The summed E-state index contributed by atoms with van der Waals surface area (Å²) in [5.74, 6) is 0.264. The van der Waals surface area contributed by atoms with Gasteiger partial charge in [-0.15, -0.1) is 0 Å². The maximum Gasteiger partial charge on any atom is 0.417 e. The normalized spacial score (nSPS) is 13.1. The molecule has 0 aromatic heterocycles. The molecule has 0 saturated heterocycles. The third-order valence-corrected chi connectivity index (χ3v) is 2.52. The van der Waals surface area contributed by atoms with Crippen LogP contribution in [0.3, 0.4) is 0 Å². The molecule has 0 radical (unpaired) electrons. The number of hydrogen-bond donors (Lipinski definition) is 1. The van der Waals surface area contributed by atoms with Crippen LogP contribution >= 0.6 is 12.2 Å². The molecular formula is C12H14F3NO2S. The first-order chi connectivity index (χ1) is 8.75. The van der Waals surface area contributed by atoms with Gasteiger partial charge in [-0.2, -0.15) is 13.2 Å². The third kappa shape index (κ3) is 4.36. The molecule has 7 heteroatoms. The highest BCUT2D eigenvalue weighted by atomic mass is 32.1. The van der Waals surface area contributed by atoms with E-state index in [9.17, 15) is 13.2 Å². The van der Waals surface area contributed by atoms with Crippen LogP contribution in [0.1, 0.15) is 18.1 Å². The highest BCUT2D eigenvalue weighted by molar-refractivity contribution is 7.80. The molecule has 0 heterocycles. The predicted molar refractivity (Wildman–Crippen MR) is 69.3 cm³/mol. The number of rotatable bonds is 5. The molecule has 0 spiro atoms. The van der Waals surface area contributed by atoms with Gasteiger partial charge in [0.1, 0.15) is 16.8 Å². The predicted octanol–water partition coefficient (Wildman–Crippen LogP) is 2.75. The van der Waals surface area contributed by atoms with Crippen LogP contribution in [-0.2, 0) is 10.9 Å². The van der Waals surface area contributed by atoms with Crippen LogP contribution in [0.15, 0.2) is 18.2 Å². The molecule has 1 aromatic carbocycles. The Balaban J connectivity index is 3.07. The van der Waals surface area contributed by atoms with Gasteiger partial charge < -0.3 is 15.2 Å². The van der Waals surface area contributed by atoms with Crippen LogP contribution in [0.25, 0.3) is 0 Å². The highest BCUT2D eigenvalue weighted by Crippen LogP contribution is 2.34. The van der Waals surface area contributed by atoms with Gasteiger partial charge in [0.2, 0.25) is 0 Å². The van der Waals surface area contributed by atoms with Crippen molar-refractivity contribution in [3.05, 3.63) is 29.3 Å². The van der Waals surface area contributed by atoms with Crippen LogP contribution in [-0.4, -0.2) is 24.8 Å². The number of alkyl halides is 3. The van der Waals surface area contributed by atoms with Crippen molar-refractivity contribution in [1.29, 1.82) is 0 Å². The van der Waals surface area contributed by atoms with E-state index in [1.54, 1.807) is 6.92 Å². The molecule has 0 bridgehead atoms.